The van der Waals surface area contributed by atoms with Gasteiger partial charge in [-0.15, -0.1) is 0 Å². The maximum Gasteiger partial charge on any atom is 0.306 e. The van der Waals surface area contributed by atoms with Gasteiger partial charge in [0, 0.05) is 12.8 Å². The molecule has 0 unspecified atom stereocenters. The van der Waals surface area contributed by atoms with Gasteiger partial charge < -0.3 is 9.53 Å². The third-order valence-corrected chi connectivity index (χ3v) is 11.0. The fourth-order valence-electron chi connectivity index (χ4n) is 9.17. The number of carbonyl (C=O) groups is 2. The summed E-state index contributed by atoms with van der Waals surface area (Å²) in [4.78, 5) is 22.7. The molecular formula is C31H50O3. The van der Waals surface area contributed by atoms with Crippen LogP contribution < -0.4 is 0 Å². The van der Waals surface area contributed by atoms with Gasteiger partial charge in [0.2, 0.25) is 0 Å². The van der Waals surface area contributed by atoms with Gasteiger partial charge in [-0.3, -0.25) is 4.79 Å². The van der Waals surface area contributed by atoms with Gasteiger partial charge in [0.15, 0.2) is 0 Å². The van der Waals surface area contributed by atoms with Crippen molar-refractivity contribution >= 4 is 12.3 Å². The Labute approximate surface area is 208 Å². The van der Waals surface area contributed by atoms with Crippen LogP contribution in [-0.2, 0) is 14.3 Å². The second-order valence-corrected chi connectivity index (χ2v) is 13.3. The Morgan fingerprint density at radius 1 is 1.09 bits per heavy atom. The van der Waals surface area contributed by atoms with Crippen LogP contribution in [0.2, 0.25) is 0 Å². The second kappa shape index (κ2) is 10.5. The van der Waals surface area contributed by atoms with E-state index in [2.05, 4.69) is 40.7 Å². The molecule has 3 fully saturated rings. The summed E-state index contributed by atoms with van der Waals surface area (Å²) in [6, 6.07) is 0. The average molecular weight is 471 g/mol. The van der Waals surface area contributed by atoms with Crippen molar-refractivity contribution in [1.82, 2.24) is 0 Å². The molecule has 4 aliphatic rings. The first kappa shape index (κ1) is 26.0. The van der Waals surface area contributed by atoms with Crippen LogP contribution in [0.1, 0.15) is 118 Å². The molecule has 0 spiro atoms. The van der Waals surface area contributed by atoms with Crippen LogP contribution in [0.3, 0.4) is 0 Å². The molecule has 4 aliphatic carbocycles. The van der Waals surface area contributed by atoms with E-state index in [1.54, 1.807) is 5.57 Å². The molecule has 3 nitrogen and oxygen atoms in total. The second-order valence-electron chi connectivity index (χ2n) is 13.3. The molecule has 0 saturated heterocycles. The van der Waals surface area contributed by atoms with E-state index in [1.165, 1.54) is 51.4 Å². The molecule has 192 valence electrons. The predicted octanol–water partition coefficient (Wildman–Crippen LogP) is 7.92. The van der Waals surface area contributed by atoms with Gasteiger partial charge in [0.1, 0.15) is 12.4 Å². The van der Waals surface area contributed by atoms with Crippen LogP contribution in [0, 0.1) is 46.3 Å². The summed E-state index contributed by atoms with van der Waals surface area (Å²) >= 11 is 0. The molecule has 8 atom stereocenters. The van der Waals surface area contributed by atoms with E-state index < -0.39 is 0 Å². The van der Waals surface area contributed by atoms with E-state index >= 15 is 0 Å². The van der Waals surface area contributed by atoms with Crippen LogP contribution >= 0.6 is 0 Å². The summed E-state index contributed by atoms with van der Waals surface area (Å²) in [5, 5.41) is 0. The Morgan fingerprint density at radius 2 is 1.88 bits per heavy atom. The highest BCUT2D eigenvalue weighted by Crippen LogP contribution is 2.67. The van der Waals surface area contributed by atoms with Crippen molar-refractivity contribution in [1.29, 1.82) is 0 Å². The van der Waals surface area contributed by atoms with E-state index in [9.17, 15) is 9.59 Å². The standard InChI is InChI=1S/C31H50O3/c1-21(2)8-6-9-22(3)26-13-14-27-25-12-11-23-20-24(34-29(33)10-7-19-32)15-17-30(23,4)28(25)16-18-31(26,27)5/h11,19,21-22,24-28H,6-10,12-18,20H2,1-5H3/t22-,24+,25+,26-,27+,28+,30+,31-/m1/s1. The van der Waals surface area contributed by atoms with Crippen LogP contribution in [0.15, 0.2) is 11.6 Å². The number of fused-ring (bicyclic) bond motifs is 5. The lowest BCUT2D eigenvalue weighted by Crippen LogP contribution is -2.51. The molecule has 0 N–H and O–H groups in total. The first-order valence-corrected chi connectivity index (χ1v) is 14.5. The molecule has 0 aromatic rings. The monoisotopic (exact) mass is 470 g/mol. The van der Waals surface area contributed by atoms with E-state index in [-0.39, 0.29) is 30.3 Å². The number of rotatable bonds is 9. The predicted molar refractivity (Wildman–Crippen MR) is 138 cm³/mol. The molecule has 34 heavy (non-hydrogen) atoms. The SMILES string of the molecule is CC(C)CCC[C@@H](C)[C@H]1CC[C@H]2[C@@H]3CC=C4C[C@@H](OC(=O)CCC=O)CC[C@]4(C)[C@H]3CC[C@]12C. The third kappa shape index (κ3) is 4.92. The minimum Gasteiger partial charge on any atom is -0.462 e. The van der Waals surface area contributed by atoms with Crippen molar-refractivity contribution in [2.24, 2.45) is 46.3 Å². The molecule has 0 aliphatic heterocycles. The first-order valence-electron chi connectivity index (χ1n) is 14.5. The number of esters is 1. The van der Waals surface area contributed by atoms with Crippen molar-refractivity contribution in [3.63, 3.8) is 0 Å². The van der Waals surface area contributed by atoms with Crippen molar-refractivity contribution < 1.29 is 14.3 Å². The van der Waals surface area contributed by atoms with E-state index in [4.69, 9.17) is 4.74 Å². The largest absolute Gasteiger partial charge is 0.462 e. The molecule has 0 heterocycles. The normalized spacial score (nSPS) is 40.1. The smallest absolute Gasteiger partial charge is 0.306 e. The first-order chi connectivity index (χ1) is 16.2. The van der Waals surface area contributed by atoms with Gasteiger partial charge in [0.05, 0.1) is 6.42 Å². The molecule has 4 rings (SSSR count). The van der Waals surface area contributed by atoms with Gasteiger partial charge >= 0.3 is 5.97 Å². The summed E-state index contributed by atoms with van der Waals surface area (Å²) in [6.07, 6.45) is 18.0. The summed E-state index contributed by atoms with van der Waals surface area (Å²) in [7, 11) is 0. The van der Waals surface area contributed by atoms with Gasteiger partial charge in [0.25, 0.3) is 0 Å². The molecule has 0 aromatic heterocycles. The lowest BCUT2D eigenvalue weighted by Gasteiger charge is -2.58. The van der Waals surface area contributed by atoms with Crippen molar-refractivity contribution in [2.75, 3.05) is 0 Å². The van der Waals surface area contributed by atoms with Crippen LogP contribution in [-0.4, -0.2) is 18.4 Å². The Kier molecular flexibility index (Phi) is 7.99. The Morgan fingerprint density at radius 3 is 2.62 bits per heavy atom. The van der Waals surface area contributed by atoms with E-state index in [0.717, 1.165) is 61.1 Å². The zero-order chi connectivity index (χ0) is 24.5. The van der Waals surface area contributed by atoms with Crippen molar-refractivity contribution in [3.8, 4) is 0 Å². The maximum atomic E-state index is 12.1. The van der Waals surface area contributed by atoms with Crippen molar-refractivity contribution in [2.45, 2.75) is 124 Å². The van der Waals surface area contributed by atoms with Crippen molar-refractivity contribution in [3.05, 3.63) is 11.6 Å². The molecule has 0 bridgehead atoms. The average Bonchev–Trinajstić information content (AvgIpc) is 3.15. The van der Waals surface area contributed by atoms with Crippen LogP contribution in [0.5, 0.6) is 0 Å². The highest BCUT2D eigenvalue weighted by Gasteiger charge is 2.59. The summed E-state index contributed by atoms with van der Waals surface area (Å²) in [6.45, 7) is 12.5. The molecule has 3 heteroatoms. The lowest BCUT2D eigenvalue weighted by atomic mass is 9.47. The number of ether oxygens (including phenoxy) is 1. The summed E-state index contributed by atoms with van der Waals surface area (Å²) in [5.74, 6) is 4.92. The summed E-state index contributed by atoms with van der Waals surface area (Å²) in [5.41, 5.74) is 2.39. The molecule has 3 saturated carbocycles. The Balaban J connectivity index is 1.42. The highest BCUT2D eigenvalue weighted by molar-refractivity contribution is 5.72. The van der Waals surface area contributed by atoms with E-state index in [0.29, 0.717) is 5.41 Å². The number of hydrogen-bond acceptors (Lipinski definition) is 3. The minimum absolute atomic E-state index is 0.00596. The molecular weight excluding hydrogens is 420 g/mol. The summed E-state index contributed by atoms with van der Waals surface area (Å²) < 4.78 is 5.76. The molecule has 0 aromatic carbocycles. The van der Waals surface area contributed by atoms with Crippen LogP contribution in [0.4, 0.5) is 0 Å². The zero-order valence-electron chi connectivity index (χ0n) is 22.6. The van der Waals surface area contributed by atoms with Gasteiger partial charge in [-0.2, -0.15) is 0 Å². The number of aldehydes is 1. The Hall–Kier alpha value is -1.12. The molecule has 0 radical (unpaired) electrons. The lowest BCUT2D eigenvalue weighted by molar-refractivity contribution is -0.152. The van der Waals surface area contributed by atoms with Gasteiger partial charge in [-0.05, 0) is 91.3 Å². The minimum atomic E-state index is -0.206. The fraction of sp³-hybridized carbons (Fsp3) is 0.871. The number of allylic oxidation sites excluding steroid dienone is 1. The topological polar surface area (TPSA) is 43.4 Å². The maximum absolute atomic E-state index is 12.1. The zero-order valence-corrected chi connectivity index (χ0v) is 22.6. The highest BCUT2D eigenvalue weighted by atomic mass is 16.5. The number of hydrogen-bond donors (Lipinski definition) is 0. The fourth-order valence-corrected chi connectivity index (χ4v) is 9.17. The van der Waals surface area contributed by atoms with Crippen LogP contribution in [0.25, 0.3) is 0 Å². The Bertz CT molecular complexity index is 769. The third-order valence-electron chi connectivity index (χ3n) is 11.0. The molecule has 0 amide bonds. The van der Waals surface area contributed by atoms with Gasteiger partial charge in [-0.1, -0.05) is 65.5 Å². The number of carbonyl (C=O) groups excluding carboxylic acids is 2. The van der Waals surface area contributed by atoms with Gasteiger partial charge in [-0.25, -0.2) is 0 Å². The van der Waals surface area contributed by atoms with E-state index in [1.807, 2.05) is 0 Å². The quantitative estimate of drug-likeness (QED) is 0.195.